The van der Waals surface area contributed by atoms with Crippen molar-refractivity contribution in [1.29, 1.82) is 0 Å². The average Bonchev–Trinajstić information content (AvgIpc) is 2.60. The number of carbonyl (C=O) groups excluding carboxylic acids is 1. The summed E-state index contributed by atoms with van der Waals surface area (Å²) >= 11 is 0. The third-order valence-electron chi connectivity index (χ3n) is 2.44. The molecule has 3 nitrogen and oxygen atoms in total. The third-order valence-corrected chi connectivity index (χ3v) is 2.44. The topological polar surface area (TPSA) is 46.3 Å². The van der Waals surface area contributed by atoms with Crippen LogP contribution in [0.4, 0.5) is 20.2 Å². The third kappa shape index (κ3) is 1.54. The van der Waals surface area contributed by atoms with Crippen LogP contribution in [-0.2, 0) is 4.79 Å². The molecule has 1 aromatic rings. The minimum Gasteiger partial charge on any atom is -0.397 e. The molecule has 2 rings (SSSR count). The van der Waals surface area contributed by atoms with Crippen LogP contribution in [0.5, 0.6) is 0 Å². The van der Waals surface area contributed by atoms with Crippen molar-refractivity contribution >= 4 is 17.3 Å². The number of rotatable bonds is 1. The monoisotopic (exact) mass is 212 g/mol. The molecule has 0 bridgehead atoms. The molecule has 0 saturated carbocycles. The summed E-state index contributed by atoms with van der Waals surface area (Å²) in [5.74, 6) is -2.25. The lowest BCUT2D eigenvalue weighted by Gasteiger charge is -2.18. The summed E-state index contributed by atoms with van der Waals surface area (Å²) in [6, 6.07) is 2.22. The van der Waals surface area contributed by atoms with Crippen molar-refractivity contribution in [2.45, 2.75) is 12.8 Å². The van der Waals surface area contributed by atoms with Crippen LogP contribution >= 0.6 is 0 Å². The maximum absolute atomic E-state index is 13.4. The number of nitrogen functional groups attached to an aromatic ring is 1. The first-order valence-electron chi connectivity index (χ1n) is 4.65. The van der Waals surface area contributed by atoms with Gasteiger partial charge in [0.25, 0.3) is 0 Å². The second-order valence-electron chi connectivity index (χ2n) is 3.45. The molecule has 0 atom stereocenters. The van der Waals surface area contributed by atoms with Gasteiger partial charge in [-0.2, -0.15) is 0 Å². The van der Waals surface area contributed by atoms with E-state index >= 15 is 0 Å². The molecule has 1 aliphatic heterocycles. The van der Waals surface area contributed by atoms with E-state index in [4.69, 9.17) is 5.73 Å². The minimum absolute atomic E-state index is 0.0872. The maximum atomic E-state index is 13.4. The normalized spacial score (nSPS) is 16.1. The van der Waals surface area contributed by atoms with Crippen LogP contribution in [0.15, 0.2) is 12.1 Å². The average molecular weight is 212 g/mol. The molecular formula is C10H10F2N2O. The van der Waals surface area contributed by atoms with Gasteiger partial charge in [0, 0.05) is 13.0 Å². The van der Waals surface area contributed by atoms with Crippen LogP contribution in [-0.4, -0.2) is 12.5 Å². The van der Waals surface area contributed by atoms with Crippen molar-refractivity contribution in [2.24, 2.45) is 0 Å². The van der Waals surface area contributed by atoms with Crippen molar-refractivity contribution in [3.63, 3.8) is 0 Å². The van der Waals surface area contributed by atoms with Gasteiger partial charge in [0.2, 0.25) is 5.91 Å². The Morgan fingerprint density at radius 3 is 2.67 bits per heavy atom. The summed E-state index contributed by atoms with van der Waals surface area (Å²) in [6.45, 7) is 0.392. The van der Waals surface area contributed by atoms with Crippen molar-refractivity contribution in [2.75, 3.05) is 17.2 Å². The van der Waals surface area contributed by atoms with E-state index in [1.165, 1.54) is 11.0 Å². The number of halogens is 2. The molecule has 1 heterocycles. The van der Waals surface area contributed by atoms with Gasteiger partial charge < -0.3 is 10.6 Å². The van der Waals surface area contributed by atoms with Crippen molar-refractivity contribution in [3.8, 4) is 0 Å². The standard InChI is InChI=1S/C10H10F2N2O/c11-6-3-4-7(13)10(9(6)12)14-5-1-2-8(14)15/h3-4H,1-2,5,13H2. The minimum atomic E-state index is -1.05. The lowest BCUT2D eigenvalue weighted by molar-refractivity contribution is -0.117. The fourth-order valence-corrected chi connectivity index (χ4v) is 1.71. The first-order chi connectivity index (χ1) is 7.11. The summed E-state index contributed by atoms with van der Waals surface area (Å²) in [7, 11) is 0. The first-order valence-corrected chi connectivity index (χ1v) is 4.65. The van der Waals surface area contributed by atoms with Crippen LogP contribution in [0.25, 0.3) is 0 Å². The van der Waals surface area contributed by atoms with Gasteiger partial charge in [-0.3, -0.25) is 4.79 Å². The molecule has 1 amide bonds. The van der Waals surface area contributed by atoms with Crippen LogP contribution in [0.2, 0.25) is 0 Å². The number of carbonyl (C=O) groups is 1. The van der Waals surface area contributed by atoms with E-state index in [1.807, 2.05) is 0 Å². The van der Waals surface area contributed by atoms with E-state index in [-0.39, 0.29) is 17.3 Å². The Kier molecular flexibility index (Phi) is 2.30. The molecule has 0 radical (unpaired) electrons. The number of hydrogen-bond donors (Lipinski definition) is 1. The quantitative estimate of drug-likeness (QED) is 0.720. The van der Waals surface area contributed by atoms with Crippen molar-refractivity contribution in [3.05, 3.63) is 23.8 Å². The van der Waals surface area contributed by atoms with Gasteiger partial charge in [0.15, 0.2) is 11.6 Å². The maximum Gasteiger partial charge on any atom is 0.227 e. The number of benzene rings is 1. The molecule has 80 valence electrons. The number of amides is 1. The Morgan fingerprint density at radius 1 is 1.33 bits per heavy atom. The largest absolute Gasteiger partial charge is 0.397 e. The predicted molar refractivity (Wildman–Crippen MR) is 52.4 cm³/mol. The molecule has 2 N–H and O–H groups in total. The van der Waals surface area contributed by atoms with Gasteiger partial charge in [0.05, 0.1) is 5.69 Å². The van der Waals surface area contributed by atoms with Gasteiger partial charge >= 0.3 is 0 Å². The van der Waals surface area contributed by atoms with Gasteiger partial charge in [-0.25, -0.2) is 8.78 Å². The number of nitrogens with two attached hydrogens (primary N) is 1. The summed E-state index contributed by atoms with van der Waals surface area (Å²) in [5, 5.41) is 0. The van der Waals surface area contributed by atoms with E-state index < -0.39 is 11.6 Å². The van der Waals surface area contributed by atoms with Gasteiger partial charge in [-0.05, 0) is 18.6 Å². The summed E-state index contributed by atoms with van der Waals surface area (Å²) in [4.78, 5) is 12.6. The molecule has 5 heteroatoms. The molecule has 0 unspecified atom stereocenters. The van der Waals surface area contributed by atoms with E-state index in [2.05, 4.69) is 0 Å². The predicted octanol–water partition coefficient (Wildman–Crippen LogP) is 1.67. The van der Waals surface area contributed by atoms with Crippen LogP contribution in [0, 0.1) is 11.6 Å². The Bertz CT molecular complexity index is 420. The molecule has 15 heavy (non-hydrogen) atoms. The molecule has 1 fully saturated rings. The highest BCUT2D eigenvalue weighted by Gasteiger charge is 2.27. The highest BCUT2D eigenvalue weighted by molar-refractivity contribution is 5.98. The highest BCUT2D eigenvalue weighted by atomic mass is 19.2. The second kappa shape index (κ2) is 3.49. The van der Waals surface area contributed by atoms with Crippen LogP contribution in [0.3, 0.4) is 0 Å². The zero-order valence-electron chi connectivity index (χ0n) is 7.96. The Hall–Kier alpha value is -1.65. The Labute approximate surface area is 85.5 Å². The Balaban J connectivity index is 2.51. The van der Waals surface area contributed by atoms with Gasteiger partial charge in [0.1, 0.15) is 5.69 Å². The molecular weight excluding hydrogens is 202 g/mol. The zero-order chi connectivity index (χ0) is 11.0. The molecule has 1 aliphatic rings. The van der Waals surface area contributed by atoms with E-state index in [1.54, 1.807) is 0 Å². The molecule has 1 saturated heterocycles. The number of nitrogens with zero attached hydrogens (tertiary/aromatic N) is 1. The van der Waals surface area contributed by atoms with Crippen LogP contribution < -0.4 is 10.6 Å². The van der Waals surface area contributed by atoms with E-state index in [0.29, 0.717) is 19.4 Å². The van der Waals surface area contributed by atoms with E-state index in [9.17, 15) is 13.6 Å². The molecule has 0 spiro atoms. The van der Waals surface area contributed by atoms with Gasteiger partial charge in [-0.15, -0.1) is 0 Å². The number of hydrogen-bond acceptors (Lipinski definition) is 2. The zero-order valence-corrected chi connectivity index (χ0v) is 7.96. The molecule has 0 aliphatic carbocycles. The summed E-state index contributed by atoms with van der Waals surface area (Å²) < 4.78 is 26.4. The number of anilines is 2. The lowest BCUT2D eigenvalue weighted by Crippen LogP contribution is -2.26. The SMILES string of the molecule is Nc1ccc(F)c(F)c1N1CCCC1=O. The fraction of sp³-hybridized carbons (Fsp3) is 0.300. The van der Waals surface area contributed by atoms with Crippen LogP contribution in [0.1, 0.15) is 12.8 Å². The summed E-state index contributed by atoms with van der Waals surface area (Å²) in [5.41, 5.74) is 5.49. The highest BCUT2D eigenvalue weighted by Crippen LogP contribution is 2.31. The van der Waals surface area contributed by atoms with E-state index in [0.717, 1.165) is 6.07 Å². The Morgan fingerprint density at radius 2 is 2.07 bits per heavy atom. The van der Waals surface area contributed by atoms with Gasteiger partial charge in [-0.1, -0.05) is 0 Å². The summed E-state index contributed by atoms with van der Waals surface area (Å²) in [6.07, 6.45) is 1.00. The molecule has 1 aromatic carbocycles. The smallest absolute Gasteiger partial charge is 0.227 e. The second-order valence-corrected chi connectivity index (χ2v) is 3.45. The van der Waals surface area contributed by atoms with Crippen molar-refractivity contribution in [1.82, 2.24) is 0 Å². The lowest BCUT2D eigenvalue weighted by atomic mass is 10.2. The first kappa shape index (κ1) is 9.89. The molecule has 0 aromatic heterocycles. The van der Waals surface area contributed by atoms with Crippen molar-refractivity contribution < 1.29 is 13.6 Å². The fourth-order valence-electron chi connectivity index (χ4n) is 1.71.